The zero-order valence-electron chi connectivity index (χ0n) is 6.81. The molecule has 0 radical (unpaired) electrons. The van der Waals surface area contributed by atoms with E-state index in [9.17, 15) is 0 Å². The molecule has 1 aromatic rings. The summed E-state index contributed by atoms with van der Waals surface area (Å²) in [6, 6.07) is 6.07. The van der Waals surface area contributed by atoms with Crippen LogP contribution in [-0.4, -0.2) is 5.75 Å². The Balaban J connectivity index is 2.69. The van der Waals surface area contributed by atoms with Gasteiger partial charge in [-0.05, 0) is 39.4 Å². The average molecular weight is 266 g/mol. The lowest BCUT2D eigenvalue weighted by atomic mass is 10.2. The summed E-state index contributed by atoms with van der Waals surface area (Å²) in [5.41, 5.74) is 1.32. The molecule has 0 aliphatic carbocycles. The van der Waals surface area contributed by atoms with Gasteiger partial charge < -0.3 is 0 Å². The minimum Gasteiger partial charge on any atom is -0.157 e. The van der Waals surface area contributed by atoms with Gasteiger partial charge in [0.05, 0.1) is 5.02 Å². The maximum Gasteiger partial charge on any atom is 0.0548 e. The summed E-state index contributed by atoms with van der Waals surface area (Å²) in [6.45, 7) is 2.16. The molecular formula is C9H10BrClS. The van der Waals surface area contributed by atoms with Gasteiger partial charge in [0.1, 0.15) is 0 Å². The Bertz CT molecular complexity index is 263. The first-order valence-electron chi connectivity index (χ1n) is 3.75. The van der Waals surface area contributed by atoms with Crippen LogP contribution in [-0.2, 0) is 5.75 Å². The van der Waals surface area contributed by atoms with Gasteiger partial charge in [0.15, 0.2) is 0 Å². The molecule has 0 heterocycles. The Morgan fingerprint density at radius 2 is 2.25 bits per heavy atom. The van der Waals surface area contributed by atoms with E-state index in [0.717, 1.165) is 21.0 Å². The van der Waals surface area contributed by atoms with E-state index in [0.29, 0.717) is 0 Å². The van der Waals surface area contributed by atoms with Crippen LogP contribution in [0.1, 0.15) is 12.5 Å². The van der Waals surface area contributed by atoms with Crippen LogP contribution in [0, 0.1) is 0 Å². The van der Waals surface area contributed by atoms with Gasteiger partial charge in [0.2, 0.25) is 0 Å². The SMILES string of the molecule is CCSCc1ccc(Cl)c(Br)c1. The van der Waals surface area contributed by atoms with Crippen LogP contribution in [0.4, 0.5) is 0 Å². The zero-order chi connectivity index (χ0) is 8.97. The van der Waals surface area contributed by atoms with Crippen molar-refractivity contribution in [3.8, 4) is 0 Å². The van der Waals surface area contributed by atoms with Crippen LogP contribution in [0.2, 0.25) is 5.02 Å². The maximum absolute atomic E-state index is 5.86. The molecule has 0 bridgehead atoms. The third-order valence-corrected chi connectivity index (χ3v) is 3.62. The fourth-order valence-electron chi connectivity index (χ4n) is 0.849. The normalized spacial score (nSPS) is 10.2. The molecule has 0 atom stereocenters. The average Bonchev–Trinajstić information content (AvgIpc) is 2.07. The van der Waals surface area contributed by atoms with E-state index in [-0.39, 0.29) is 0 Å². The van der Waals surface area contributed by atoms with E-state index in [2.05, 4.69) is 35.0 Å². The highest BCUT2D eigenvalue weighted by Crippen LogP contribution is 2.24. The Morgan fingerprint density at radius 1 is 1.50 bits per heavy atom. The van der Waals surface area contributed by atoms with Crippen molar-refractivity contribution in [1.82, 2.24) is 0 Å². The summed E-state index contributed by atoms with van der Waals surface area (Å²) < 4.78 is 0.985. The Hall–Kier alpha value is 0.340. The van der Waals surface area contributed by atoms with Gasteiger partial charge in [-0.2, -0.15) is 11.8 Å². The van der Waals surface area contributed by atoms with E-state index in [1.165, 1.54) is 5.56 Å². The lowest BCUT2D eigenvalue weighted by molar-refractivity contribution is 1.38. The largest absolute Gasteiger partial charge is 0.157 e. The van der Waals surface area contributed by atoms with Gasteiger partial charge in [-0.25, -0.2) is 0 Å². The molecule has 0 aliphatic rings. The van der Waals surface area contributed by atoms with Crippen molar-refractivity contribution < 1.29 is 0 Å². The molecule has 66 valence electrons. The number of rotatable bonds is 3. The fraction of sp³-hybridized carbons (Fsp3) is 0.333. The highest BCUT2D eigenvalue weighted by atomic mass is 79.9. The number of benzene rings is 1. The first kappa shape index (κ1) is 10.4. The van der Waals surface area contributed by atoms with Crippen LogP contribution in [0.3, 0.4) is 0 Å². The van der Waals surface area contributed by atoms with Gasteiger partial charge >= 0.3 is 0 Å². The quantitative estimate of drug-likeness (QED) is 0.783. The highest BCUT2D eigenvalue weighted by molar-refractivity contribution is 9.10. The summed E-state index contributed by atoms with van der Waals surface area (Å²) in [4.78, 5) is 0. The standard InChI is InChI=1S/C9H10BrClS/c1-2-12-6-7-3-4-9(11)8(10)5-7/h3-5H,2,6H2,1H3. The molecule has 0 amide bonds. The van der Waals surface area contributed by atoms with E-state index in [4.69, 9.17) is 11.6 Å². The van der Waals surface area contributed by atoms with Gasteiger partial charge in [-0.1, -0.05) is 24.6 Å². The summed E-state index contributed by atoms with van der Waals surface area (Å²) in [6.07, 6.45) is 0. The molecule has 0 saturated heterocycles. The fourth-order valence-corrected chi connectivity index (χ4v) is 2.01. The predicted octanol–water partition coefficient (Wildman–Crippen LogP) is 4.36. The van der Waals surface area contributed by atoms with Crippen LogP contribution in [0.15, 0.2) is 22.7 Å². The van der Waals surface area contributed by atoms with Crippen molar-refractivity contribution in [3.05, 3.63) is 33.3 Å². The molecular weight excluding hydrogens is 256 g/mol. The molecule has 1 aromatic carbocycles. The van der Waals surface area contributed by atoms with E-state index < -0.39 is 0 Å². The smallest absolute Gasteiger partial charge is 0.0548 e. The molecule has 12 heavy (non-hydrogen) atoms. The topological polar surface area (TPSA) is 0 Å². The third kappa shape index (κ3) is 3.00. The van der Waals surface area contributed by atoms with E-state index in [1.54, 1.807) is 0 Å². The van der Waals surface area contributed by atoms with Crippen molar-refractivity contribution in [2.24, 2.45) is 0 Å². The lowest BCUT2D eigenvalue weighted by Crippen LogP contribution is -1.81. The maximum atomic E-state index is 5.86. The van der Waals surface area contributed by atoms with E-state index >= 15 is 0 Å². The Morgan fingerprint density at radius 3 is 2.83 bits per heavy atom. The van der Waals surface area contributed by atoms with Crippen LogP contribution in [0.5, 0.6) is 0 Å². The predicted molar refractivity (Wildman–Crippen MR) is 61.0 cm³/mol. The zero-order valence-corrected chi connectivity index (χ0v) is 9.97. The summed E-state index contributed by atoms with van der Waals surface area (Å²) >= 11 is 11.2. The minimum atomic E-state index is 0.778. The van der Waals surface area contributed by atoms with E-state index in [1.807, 2.05) is 17.8 Å². The van der Waals surface area contributed by atoms with Crippen molar-refractivity contribution in [2.75, 3.05) is 5.75 Å². The van der Waals surface area contributed by atoms with Crippen molar-refractivity contribution >= 4 is 39.3 Å². The van der Waals surface area contributed by atoms with Gasteiger partial charge in [-0.3, -0.25) is 0 Å². The lowest BCUT2D eigenvalue weighted by Gasteiger charge is -2.01. The van der Waals surface area contributed by atoms with Crippen molar-refractivity contribution in [2.45, 2.75) is 12.7 Å². The molecule has 0 aromatic heterocycles. The second kappa shape index (κ2) is 5.15. The Labute approximate surface area is 90.8 Å². The van der Waals surface area contributed by atoms with Crippen LogP contribution < -0.4 is 0 Å². The first-order valence-corrected chi connectivity index (χ1v) is 6.08. The van der Waals surface area contributed by atoms with Gasteiger partial charge in [0.25, 0.3) is 0 Å². The second-order valence-electron chi connectivity index (χ2n) is 2.39. The molecule has 0 spiro atoms. The van der Waals surface area contributed by atoms with Gasteiger partial charge in [-0.15, -0.1) is 0 Å². The molecule has 0 unspecified atom stereocenters. The first-order chi connectivity index (χ1) is 5.74. The number of halogens is 2. The van der Waals surface area contributed by atoms with Crippen molar-refractivity contribution in [1.29, 1.82) is 0 Å². The molecule has 0 N–H and O–H groups in total. The van der Waals surface area contributed by atoms with Crippen LogP contribution in [0.25, 0.3) is 0 Å². The number of thioether (sulfide) groups is 1. The number of hydrogen-bond donors (Lipinski definition) is 0. The molecule has 0 fully saturated rings. The van der Waals surface area contributed by atoms with Gasteiger partial charge in [0, 0.05) is 10.2 Å². The summed E-state index contributed by atoms with van der Waals surface area (Å²) in [5.74, 6) is 2.21. The molecule has 0 saturated carbocycles. The van der Waals surface area contributed by atoms with Crippen molar-refractivity contribution in [3.63, 3.8) is 0 Å². The molecule has 0 nitrogen and oxygen atoms in total. The molecule has 1 rings (SSSR count). The summed E-state index contributed by atoms with van der Waals surface area (Å²) in [7, 11) is 0. The minimum absolute atomic E-state index is 0.778. The second-order valence-corrected chi connectivity index (χ2v) is 4.92. The highest BCUT2D eigenvalue weighted by Gasteiger charge is 1.98. The summed E-state index contributed by atoms with van der Waals surface area (Å²) in [5, 5.41) is 0.778. The molecule has 3 heteroatoms. The molecule has 0 aliphatic heterocycles. The monoisotopic (exact) mass is 264 g/mol. The third-order valence-electron chi connectivity index (χ3n) is 1.46. The number of hydrogen-bond acceptors (Lipinski definition) is 1. The Kier molecular flexibility index (Phi) is 4.47. The van der Waals surface area contributed by atoms with Crippen LogP contribution >= 0.6 is 39.3 Å².